The van der Waals surface area contributed by atoms with Crippen LogP contribution in [0.3, 0.4) is 0 Å². The average Bonchev–Trinajstić information content (AvgIpc) is 2.61. The van der Waals surface area contributed by atoms with Crippen LogP contribution in [0.4, 0.5) is 4.79 Å². The minimum absolute atomic E-state index is 0.397. The lowest BCUT2D eigenvalue weighted by atomic mass is 10.2. The molecule has 27 heavy (non-hydrogen) atoms. The van der Waals surface area contributed by atoms with E-state index in [1.54, 1.807) is 0 Å². The molecule has 1 aliphatic heterocycles. The highest BCUT2D eigenvalue weighted by molar-refractivity contribution is 5.79. The number of carbonyl (C=O) groups is 1. The van der Waals surface area contributed by atoms with Gasteiger partial charge in [-0.1, -0.05) is 6.92 Å². The third-order valence-electron chi connectivity index (χ3n) is 4.42. The zero-order chi connectivity index (χ0) is 20.3. The molecule has 0 radical (unpaired) electrons. The predicted octanol–water partition coefficient (Wildman–Crippen LogP) is 1.09. The SMILES string of the molecule is CCNC(=NCC(C)N1CCN(CC)CC1)NCCNC(=O)OC(C)(C)C. The van der Waals surface area contributed by atoms with Gasteiger partial charge in [0.05, 0.1) is 6.54 Å². The number of likely N-dealkylation sites (N-methyl/N-ethyl adjacent to an activating group) is 1. The molecule has 1 heterocycles. The number of amides is 1. The molecule has 0 aliphatic carbocycles. The molecule has 1 amide bonds. The number of guanidine groups is 1. The third-order valence-corrected chi connectivity index (χ3v) is 4.42. The number of hydrogen-bond acceptors (Lipinski definition) is 5. The first-order valence-corrected chi connectivity index (χ1v) is 10.2. The first-order chi connectivity index (χ1) is 12.7. The van der Waals surface area contributed by atoms with Crippen LogP contribution in [0.2, 0.25) is 0 Å². The summed E-state index contributed by atoms with van der Waals surface area (Å²) in [5.74, 6) is 0.780. The Morgan fingerprint density at radius 2 is 1.70 bits per heavy atom. The molecule has 0 spiro atoms. The zero-order valence-electron chi connectivity index (χ0n) is 18.1. The van der Waals surface area contributed by atoms with Crippen molar-refractivity contribution in [1.29, 1.82) is 0 Å². The van der Waals surface area contributed by atoms with E-state index in [1.165, 1.54) is 0 Å². The maximum absolute atomic E-state index is 11.6. The molecular weight excluding hydrogens is 344 g/mol. The van der Waals surface area contributed by atoms with Gasteiger partial charge in [-0.2, -0.15) is 0 Å². The quantitative estimate of drug-likeness (QED) is 0.330. The Morgan fingerprint density at radius 1 is 1.07 bits per heavy atom. The maximum atomic E-state index is 11.6. The van der Waals surface area contributed by atoms with Crippen LogP contribution in [0.25, 0.3) is 0 Å². The van der Waals surface area contributed by atoms with Crippen LogP contribution in [0.15, 0.2) is 4.99 Å². The van der Waals surface area contributed by atoms with Gasteiger partial charge in [-0.05, 0) is 41.2 Å². The Kier molecular flexibility index (Phi) is 10.5. The van der Waals surface area contributed by atoms with Crippen molar-refractivity contribution in [2.24, 2.45) is 4.99 Å². The van der Waals surface area contributed by atoms with Crippen molar-refractivity contribution < 1.29 is 9.53 Å². The molecule has 8 heteroatoms. The number of nitrogens with one attached hydrogen (secondary N) is 3. The van der Waals surface area contributed by atoms with Gasteiger partial charge in [0.25, 0.3) is 0 Å². The topological polar surface area (TPSA) is 81.2 Å². The number of carbonyl (C=O) groups excluding carboxylic acids is 1. The molecule has 0 aromatic heterocycles. The number of ether oxygens (including phenoxy) is 1. The molecule has 158 valence electrons. The second-order valence-corrected chi connectivity index (χ2v) is 7.89. The Bertz CT molecular complexity index is 456. The molecule has 3 N–H and O–H groups in total. The van der Waals surface area contributed by atoms with E-state index in [0.717, 1.165) is 51.8 Å². The van der Waals surface area contributed by atoms with Crippen molar-refractivity contribution in [2.45, 2.75) is 53.2 Å². The number of hydrogen-bond donors (Lipinski definition) is 3. The third kappa shape index (κ3) is 10.4. The fraction of sp³-hybridized carbons (Fsp3) is 0.895. The van der Waals surface area contributed by atoms with Gasteiger partial charge in [0.1, 0.15) is 5.60 Å². The molecule has 1 fully saturated rings. The fourth-order valence-corrected chi connectivity index (χ4v) is 2.86. The van der Waals surface area contributed by atoms with Gasteiger partial charge in [0, 0.05) is 51.9 Å². The summed E-state index contributed by atoms with van der Waals surface area (Å²) in [6.07, 6.45) is -0.397. The first-order valence-electron chi connectivity index (χ1n) is 10.2. The number of piperazine rings is 1. The predicted molar refractivity (Wildman–Crippen MR) is 111 cm³/mol. The van der Waals surface area contributed by atoms with Crippen LogP contribution in [-0.4, -0.2) is 92.4 Å². The van der Waals surface area contributed by atoms with Gasteiger partial charge in [0.15, 0.2) is 5.96 Å². The van der Waals surface area contributed by atoms with Gasteiger partial charge >= 0.3 is 6.09 Å². The highest BCUT2D eigenvalue weighted by Gasteiger charge is 2.20. The van der Waals surface area contributed by atoms with E-state index < -0.39 is 11.7 Å². The van der Waals surface area contributed by atoms with E-state index in [0.29, 0.717) is 19.1 Å². The summed E-state index contributed by atoms with van der Waals surface area (Å²) in [6.45, 7) is 20.3. The molecule has 1 rings (SSSR count). The maximum Gasteiger partial charge on any atom is 0.407 e. The molecule has 1 saturated heterocycles. The monoisotopic (exact) mass is 384 g/mol. The van der Waals surface area contributed by atoms with E-state index in [2.05, 4.69) is 39.6 Å². The van der Waals surface area contributed by atoms with E-state index in [4.69, 9.17) is 9.73 Å². The highest BCUT2D eigenvalue weighted by Crippen LogP contribution is 2.07. The fourth-order valence-electron chi connectivity index (χ4n) is 2.86. The van der Waals surface area contributed by atoms with Crippen molar-refractivity contribution in [3.63, 3.8) is 0 Å². The van der Waals surface area contributed by atoms with E-state index in [9.17, 15) is 4.79 Å². The Hall–Kier alpha value is -1.54. The minimum atomic E-state index is -0.480. The summed E-state index contributed by atoms with van der Waals surface area (Å²) in [5.41, 5.74) is -0.480. The standard InChI is InChI=1S/C19H40N6O2/c1-7-20-17(21-9-10-22-18(26)27-19(4,5)6)23-15-16(3)25-13-11-24(8-2)12-14-25/h16H,7-15H2,1-6H3,(H,22,26)(H2,20,21,23). The summed E-state index contributed by atoms with van der Waals surface area (Å²) in [6, 6.07) is 0.416. The Morgan fingerprint density at radius 3 is 2.26 bits per heavy atom. The van der Waals surface area contributed by atoms with Crippen molar-refractivity contribution in [3.8, 4) is 0 Å². The van der Waals surface area contributed by atoms with Gasteiger partial charge in [-0.25, -0.2) is 4.79 Å². The summed E-state index contributed by atoms with van der Waals surface area (Å²) in [5, 5.41) is 9.25. The molecule has 0 saturated carbocycles. The summed E-state index contributed by atoms with van der Waals surface area (Å²) in [7, 11) is 0. The van der Waals surface area contributed by atoms with Gasteiger partial charge in [-0.15, -0.1) is 0 Å². The van der Waals surface area contributed by atoms with Crippen molar-refractivity contribution >= 4 is 12.1 Å². The van der Waals surface area contributed by atoms with Gasteiger partial charge in [-0.3, -0.25) is 9.89 Å². The van der Waals surface area contributed by atoms with E-state index in [1.807, 2.05) is 27.7 Å². The van der Waals surface area contributed by atoms with Crippen molar-refractivity contribution in [2.75, 3.05) is 58.9 Å². The van der Waals surface area contributed by atoms with Crippen molar-refractivity contribution in [3.05, 3.63) is 0 Å². The average molecular weight is 385 g/mol. The first kappa shape index (κ1) is 23.5. The molecule has 0 aromatic carbocycles. The Balaban J connectivity index is 2.34. The molecule has 0 bridgehead atoms. The number of alkyl carbamates (subject to hydrolysis) is 1. The number of nitrogens with zero attached hydrogens (tertiary/aromatic N) is 3. The van der Waals surface area contributed by atoms with Crippen LogP contribution < -0.4 is 16.0 Å². The van der Waals surface area contributed by atoms with Crippen LogP contribution in [0.5, 0.6) is 0 Å². The highest BCUT2D eigenvalue weighted by atomic mass is 16.6. The molecule has 1 atom stereocenters. The lowest BCUT2D eigenvalue weighted by Gasteiger charge is -2.37. The van der Waals surface area contributed by atoms with Crippen LogP contribution >= 0.6 is 0 Å². The van der Waals surface area contributed by atoms with Crippen LogP contribution in [-0.2, 0) is 4.74 Å². The zero-order valence-corrected chi connectivity index (χ0v) is 18.1. The smallest absolute Gasteiger partial charge is 0.407 e. The van der Waals surface area contributed by atoms with Gasteiger partial charge in [0.2, 0.25) is 0 Å². The van der Waals surface area contributed by atoms with Crippen molar-refractivity contribution in [1.82, 2.24) is 25.8 Å². The molecule has 1 aliphatic rings. The second-order valence-electron chi connectivity index (χ2n) is 7.89. The largest absolute Gasteiger partial charge is 0.444 e. The van der Waals surface area contributed by atoms with E-state index >= 15 is 0 Å². The molecular formula is C19H40N6O2. The summed E-state index contributed by atoms with van der Waals surface area (Å²) < 4.78 is 5.22. The lowest BCUT2D eigenvalue weighted by Crippen LogP contribution is -2.50. The molecule has 8 nitrogen and oxygen atoms in total. The summed E-state index contributed by atoms with van der Waals surface area (Å²) >= 11 is 0. The van der Waals surface area contributed by atoms with E-state index in [-0.39, 0.29) is 0 Å². The summed E-state index contributed by atoms with van der Waals surface area (Å²) in [4.78, 5) is 21.3. The minimum Gasteiger partial charge on any atom is -0.444 e. The normalized spacial score (nSPS) is 18.1. The van der Waals surface area contributed by atoms with Gasteiger partial charge < -0.3 is 25.6 Å². The Labute approximate surface area is 165 Å². The number of rotatable bonds is 8. The second kappa shape index (κ2) is 12.0. The van der Waals surface area contributed by atoms with Crippen LogP contribution in [0, 0.1) is 0 Å². The lowest BCUT2D eigenvalue weighted by molar-refractivity contribution is 0.0529. The number of aliphatic imine (C=N–C) groups is 1. The molecule has 1 unspecified atom stereocenters. The molecule has 0 aromatic rings. The van der Waals surface area contributed by atoms with Crippen LogP contribution in [0.1, 0.15) is 41.5 Å².